The van der Waals surface area contributed by atoms with Crippen LogP contribution in [0.3, 0.4) is 0 Å². The number of likely N-dealkylation sites (tertiary alicyclic amines) is 1. The lowest BCUT2D eigenvalue weighted by Crippen LogP contribution is -2.37. The van der Waals surface area contributed by atoms with E-state index in [0.717, 1.165) is 66.8 Å². The molecular weight excluding hydrogens is 487 g/mol. The first-order valence-electron chi connectivity index (χ1n) is 13.0. The highest BCUT2D eigenvalue weighted by Crippen LogP contribution is 2.28. The zero-order valence-corrected chi connectivity index (χ0v) is 21.1. The van der Waals surface area contributed by atoms with E-state index in [1.807, 2.05) is 48.0 Å². The number of aromatic nitrogens is 7. The lowest BCUT2D eigenvalue weighted by Gasteiger charge is -2.35. The molecule has 0 radical (unpaired) electrons. The summed E-state index contributed by atoms with van der Waals surface area (Å²) in [6, 6.07) is 14.3. The number of pyridine rings is 1. The summed E-state index contributed by atoms with van der Waals surface area (Å²) in [4.78, 5) is 23.9. The molecule has 11 heteroatoms. The first kappa shape index (κ1) is 24.2. The second-order valence-electron chi connectivity index (χ2n) is 9.90. The standard InChI is InChI=1S/C27H29FN8O2/c1-17(38-21-10-11-22-19(14-21)15-23-26(29-22)31-27(37)30-23)5-12-24-32-33-34-36(24)25-4-2-3-13-35(25)16-18-6-8-20(28)9-7-18/h6-11,14-15,17,25H,2-5,12-13,16H2,1H3,(H2,29,30,31,37). The second kappa shape index (κ2) is 10.3. The summed E-state index contributed by atoms with van der Waals surface area (Å²) in [5.74, 6) is 1.34. The van der Waals surface area contributed by atoms with E-state index in [1.165, 1.54) is 12.1 Å². The molecule has 5 aromatic rings. The molecule has 2 aromatic carbocycles. The predicted molar refractivity (Wildman–Crippen MR) is 140 cm³/mol. The number of aromatic amines is 2. The Bertz CT molecular complexity index is 1610. The highest BCUT2D eigenvalue weighted by Gasteiger charge is 2.27. The van der Waals surface area contributed by atoms with Gasteiger partial charge in [-0.05, 0) is 85.0 Å². The Kier molecular flexibility index (Phi) is 6.59. The molecule has 10 nitrogen and oxygen atoms in total. The first-order valence-corrected chi connectivity index (χ1v) is 13.0. The Balaban J connectivity index is 1.12. The molecule has 196 valence electrons. The van der Waals surface area contributed by atoms with Crippen molar-refractivity contribution in [3.05, 3.63) is 76.2 Å². The molecule has 6 rings (SSSR count). The summed E-state index contributed by atoms with van der Waals surface area (Å²) >= 11 is 0. The molecule has 1 fully saturated rings. The van der Waals surface area contributed by atoms with Crippen molar-refractivity contribution in [3.63, 3.8) is 0 Å². The lowest BCUT2D eigenvalue weighted by atomic mass is 10.1. The van der Waals surface area contributed by atoms with E-state index in [2.05, 4.69) is 35.4 Å². The zero-order chi connectivity index (χ0) is 26.1. The van der Waals surface area contributed by atoms with Crippen LogP contribution in [0.25, 0.3) is 22.1 Å². The Hall–Kier alpha value is -4.12. The average molecular weight is 517 g/mol. The second-order valence-corrected chi connectivity index (χ2v) is 9.90. The van der Waals surface area contributed by atoms with Gasteiger partial charge in [-0.3, -0.25) is 9.88 Å². The van der Waals surface area contributed by atoms with E-state index >= 15 is 0 Å². The number of H-pyrrole nitrogens is 2. The fraction of sp³-hybridized carbons (Fsp3) is 0.370. The van der Waals surface area contributed by atoms with Gasteiger partial charge in [0.25, 0.3) is 0 Å². The van der Waals surface area contributed by atoms with Crippen LogP contribution in [-0.4, -0.2) is 52.7 Å². The van der Waals surface area contributed by atoms with Crippen LogP contribution in [0.1, 0.15) is 50.2 Å². The number of imidazole rings is 1. The minimum absolute atomic E-state index is 0.0666. The van der Waals surface area contributed by atoms with Gasteiger partial charge < -0.3 is 9.72 Å². The van der Waals surface area contributed by atoms with Crippen LogP contribution >= 0.6 is 0 Å². The number of aryl methyl sites for hydroxylation is 1. The van der Waals surface area contributed by atoms with Gasteiger partial charge in [-0.15, -0.1) is 5.10 Å². The molecule has 0 bridgehead atoms. The zero-order valence-electron chi connectivity index (χ0n) is 21.1. The van der Waals surface area contributed by atoms with Crippen LogP contribution < -0.4 is 10.4 Å². The molecular formula is C27H29FN8O2. The summed E-state index contributed by atoms with van der Waals surface area (Å²) in [5, 5.41) is 13.5. The highest BCUT2D eigenvalue weighted by atomic mass is 19.1. The first-order chi connectivity index (χ1) is 18.5. The van der Waals surface area contributed by atoms with Crippen LogP contribution in [0.15, 0.2) is 53.3 Å². The Morgan fingerprint density at radius 3 is 2.87 bits per heavy atom. The molecule has 4 heterocycles. The Morgan fingerprint density at radius 2 is 2.00 bits per heavy atom. The van der Waals surface area contributed by atoms with E-state index in [0.29, 0.717) is 17.6 Å². The number of hydrogen-bond acceptors (Lipinski definition) is 7. The van der Waals surface area contributed by atoms with Gasteiger partial charge in [0, 0.05) is 24.9 Å². The van der Waals surface area contributed by atoms with E-state index in [9.17, 15) is 9.18 Å². The number of benzene rings is 2. The molecule has 2 unspecified atom stereocenters. The number of fused-ring (bicyclic) bond motifs is 2. The van der Waals surface area contributed by atoms with E-state index in [4.69, 9.17) is 4.74 Å². The number of ether oxygens (including phenoxy) is 1. The van der Waals surface area contributed by atoms with Gasteiger partial charge in [-0.2, -0.15) is 0 Å². The van der Waals surface area contributed by atoms with Crippen molar-refractivity contribution in [3.8, 4) is 5.75 Å². The van der Waals surface area contributed by atoms with E-state index < -0.39 is 0 Å². The molecule has 38 heavy (non-hydrogen) atoms. The minimum atomic E-state index is -0.276. The normalized spacial score (nSPS) is 17.3. The molecule has 1 aliphatic heterocycles. The van der Waals surface area contributed by atoms with Gasteiger partial charge in [0.2, 0.25) is 0 Å². The maximum Gasteiger partial charge on any atom is 0.325 e. The number of halogens is 1. The third-order valence-corrected chi connectivity index (χ3v) is 7.10. The van der Waals surface area contributed by atoms with Crippen molar-refractivity contribution in [2.45, 2.75) is 57.8 Å². The largest absolute Gasteiger partial charge is 0.491 e. The molecule has 2 atom stereocenters. The fourth-order valence-corrected chi connectivity index (χ4v) is 5.17. The molecule has 1 saturated heterocycles. The average Bonchev–Trinajstić information content (AvgIpc) is 3.53. The molecule has 2 N–H and O–H groups in total. The summed E-state index contributed by atoms with van der Waals surface area (Å²) < 4.78 is 21.5. The van der Waals surface area contributed by atoms with Crippen molar-refractivity contribution >= 4 is 22.1 Å². The predicted octanol–water partition coefficient (Wildman–Crippen LogP) is 4.11. The maximum atomic E-state index is 13.4. The topological polar surface area (TPSA) is 118 Å². The van der Waals surface area contributed by atoms with Crippen LogP contribution in [0.4, 0.5) is 4.39 Å². The van der Waals surface area contributed by atoms with E-state index in [-0.39, 0.29) is 23.8 Å². The van der Waals surface area contributed by atoms with E-state index in [1.54, 1.807) is 0 Å². The van der Waals surface area contributed by atoms with Crippen molar-refractivity contribution < 1.29 is 9.13 Å². The van der Waals surface area contributed by atoms with Gasteiger partial charge in [0.05, 0.1) is 17.1 Å². The molecule has 0 aliphatic carbocycles. The third kappa shape index (κ3) is 5.14. The van der Waals surface area contributed by atoms with Gasteiger partial charge in [-0.25, -0.2) is 18.9 Å². The van der Waals surface area contributed by atoms with Crippen LogP contribution in [0, 0.1) is 5.82 Å². The lowest BCUT2D eigenvalue weighted by molar-refractivity contribution is 0.0730. The van der Waals surface area contributed by atoms with Gasteiger partial charge in [0.15, 0.2) is 11.5 Å². The molecule has 0 saturated carbocycles. The van der Waals surface area contributed by atoms with Crippen LogP contribution in [0.5, 0.6) is 5.75 Å². The van der Waals surface area contributed by atoms with Crippen molar-refractivity contribution in [2.24, 2.45) is 0 Å². The SMILES string of the molecule is CC(CCc1nnnn1C1CCCCN1Cc1ccc(F)cc1)Oc1ccc2nc3[nH]c(=O)[nH]c3cc2c1. The molecule has 0 spiro atoms. The summed E-state index contributed by atoms with van der Waals surface area (Å²) in [6.45, 7) is 3.70. The summed E-state index contributed by atoms with van der Waals surface area (Å²) in [6.07, 6.45) is 4.62. The summed E-state index contributed by atoms with van der Waals surface area (Å²) in [7, 11) is 0. The number of rotatable bonds is 8. The van der Waals surface area contributed by atoms with Crippen molar-refractivity contribution in [1.29, 1.82) is 0 Å². The van der Waals surface area contributed by atoms with Crippen LogP contribution in [-0.2, 0) is 13.0 Å². The number of nitrogens with one attached hydrogen (secondary N) is 2. The third-order valence-electron chi connectivity index (χ3n) is 7.10. The Labute approximate surface area is 217 Å². The van der Waals surface area contributed by atoms with Gasteiger partial charge in [-0.1, -0.05) is 12.1 Å². The quantitative estimate of drug-likeness (QED) is 0.319. The smallest absolute Gasteiger partial charge is 0.325 e. The number of piperidine rings is 1. The monoisotopic (exact) mass is 516 g/mol. The Morgan fingerprint density at radius 1 is 1.13 bits per heavy atom. The molecule has 0 amide bonds. The highest BCUT2D eigenvalue weighted by molar-refractivity contribution is 5.89. The number of nitrogens with zero attached hydrogens (tertiary/aromatic N) is 6. The molecule has 1 aliphatic rings. The molecule has 3 aromatic heterocycles. The minimum Gasteiger partial charge on any atom is -0.491 e. The van der Waals surface area contributed by atoms with Gasteiger partial charge >= 0.3 is 5.69 Å². The van der Waals surface area contributed by atoms with Gasteiger partial charge in [0.1, 0.15) is 17.7 Å². The number of hydrogen-bond donors (Lipinski definition) is 2. The fourth-order valence-electron chi connectivity index (χ4n) is 5.17. The number of tetrazole rings is 1. The van der Waals surface area contributed by atoms with Crippen LogP contribution in [0.2, 0.25) is 0 Å². The maximum absolute atomic E-state index is 13.4. The van der Waals surface area contributed by atoms with Crippen molar-refractivity contribution in [1.82, 2.24) is 40.1 Å². The summed E-state index contributed by atoms with van der Waals surface area (Å²) in [5.41, 5.74) is 2.78. The van der Waals surface area contributed by atoms with Crippen molar-refractivity contribution in [2.75, 3.05) is 6.54 Å².